The van der Waals surface area contributed by atoms with Gasteiger partial charge in [-0.25, -0.2) is 4.68 Å². The van der Waals surface area contributed by atoms with Crippen molar-refractivity contribution in [2.45, 2.75) is 25.6 Å². The molecule has 0 amide bonds. The number of β-amino-alcohol motifs (C(OH)–C–C–N with tert-alkyl or cyclic N) is 1. The normalized spacial score (nSPS) is 19.8. The summed E-state index contributed by atoms with van der Waals surface area (Å²) in [6, 6.07) is 7.31. The summed E-state index contributed by atoms with van der Waals surface area (Å²) in [6.45, 7) is 2.10. The van der Waals surface area contributed by atoms with Gasteiger partial charge in [-0.05, 0) is 43.3 Å². The van der Waals surface area contributed by atoms with E-state index in [0.717, 1.165) is 24.9 Å². The molecule has 1 aliphatic heterocycles. The van der Waals surface area contributed by atoms with E-state index in [1.54, 1.807) is 16.8 Å². The number of rotatable bonds is 3. The number of halogens is 1. The second kappa shape index (κ2) is 6.27. The lowest BCUT2D eigenvalue weighted by Crippen LogP contribution is -2.39. The first-order valence-electron chi connectivity index (χ1n) is 6.86. The Bertz CT molecular complexity index is 685. The van der Waals surface area contributed by atoms with Crippen LogP contribution in [0, 0.1) is 4.84 Å². The second-order valence-electron chi connectivity index (χ2n) is 5.20. The maximum atomic E-state index is 9.71. The predicted octanol–water partition coefficient (Wildman–Crippen LogP) is 2.94. The zero-order chi connectivity index (χ0) is 14.8. The fourth-order valence-electron chi connectivity index (χ4n) is 2.48. The Morgan fingerprint density at radius 3 is 3.10 bits per heavy atom. The highest BCUT2D eigenvalue weighted by Crippen LogP contribution is 2.21. The smallest absolute Gasteiger partial charge is 0.288 e. The van der Waals surface area contributed by atoms with Crippen molar-refractivity contribution in [3.05, 3.63) is 34.1 Å². The van der Waals surface area contributed by atoms with Crippen LogP contribution in [0.4, 0.5) is 0 Å². The Balaban J connectivity index is 1.80. The van der Waals surface area contributed by atoms with Crippen LogP contribution < -0.4 is 0 Å². The average molecular weight is 326 g/mol. The van der Waals surface area contributed by atoms with Gasteiger partial charge in [0.2, 0.25) is 5.89 Å². The Morgan fingerprint density at radius 2 is 2.33 bits per heavy atom. The monoisotopic (exact) mass is 325 g/mol. The molecule has 112 valence electrons. The fourth-order valence-corrected chi connectivity index (χ4v) is 2.85. The largest absolute Gasteiger partial charge is 0.409 e. The minimum atomic E-state index is -0.271. The lowest BCUT2D eigenvalue weighted by molar-refractivity contribution is 0.0509. The van der Waals surface area contributed by atoms with E-state index < -0.39 is 0 Å². The number of aromatic nitrogens is 2. The molecule has 0 saturated carbocycles. The van der Waals surface area contributed by atoms with Crippen molar-refractivity contribution >= 4 is 23.8 Å². The Labute approximate surface area is 132 Å². The first-order valence-corrected chi connectivity index (χ1v) is 7.65. The summed E-state index contributed by atoms with van der Waals surface area (Å²) < 4.78 is 7.19. The first kappa shape index (κ1) is 14.7. The molecule has 1 atom stereocenters. The van der Waals surface area contributed by atoms with Gasteiger partial charge in [-0.15, -0.1) is 5.10 Å². The van der Waals surface area contributed by atoms with Gasteiger partial charge in [-0.3, -0.25) is 4.90 Å². The van der Waals surface area contributed by atoms with Crippen LogP contribution in [0.2, 0.25) is 5.02 Å². The molecule has 1 fully saturated rings. The van der Waals surface area contributed by atoms with Crippen molar-refractivity contribution in [1.82, 2.24) is 14.7 Å². The molecule has 1 saturated heterocycles. The van der Waals surface area contributed by atoms with Crippen molar-refractivity contribution in [3.8, 4) is 11.5 Å². The summed E-state index contributed by atoms with van der Waals surface area (Å²) in [4.78, 5) is 2.44. The third-order valence-corrected chi connectivity index (χ3v) is 4.02. The first-order chi connectivity index (χ1) is 10.1. The zero-order valence-electron chi connectivity index (χ0n) is 11.4. The van der Waals surface area contributed by atoms with Crippen molar-refractivity contribution in [2.75, 3.05) is 13.1 Å². The number of piperidine rings is 1. The lowest BCUT2D eigenvalue weighted by atomic mass is 10.1. The molecule has 0 spiro atoms. The van der Waals surface area contributed by atoms with Gasteiger partial charge in [0.05, 0.1) is 12.8 Å². The molecule has 7 heteroatoms. The van der Waals surface area contributed by atoms with Gasteiger partial charge in [0.25, 0.3) is 4.84 Å². The van der Waals surface area contributed by atoms with Gasteiger partial charge < -0.3 is 9.52 Å². The SMILES string of the molecule is O[C@H]1CCCN(Cn2nc(-c3cccc(Cl)c3)oc2=S)C1. The molecule has 2 heterocycles. The van der Waals surface area contributed by atoms with E-state index in [0.29, 0.717) is 29.0 Å². The van der Waals surface area contributed by atoms with E-state index in [9.17, 15) is 5.11 Å². The van der Waals surface area contributed by atoms with Crippen LogP contribution in [0.15, 0.2) is 28.7 Å². The van der Waals surface area contributed by atoms with Crippen molar-refractivity contribution < 1.29 is 9.52 Å². The number of aliphatic hydroxyl groups is 1. The molecule has 3 rings (SSSR count). The van der Waals surface area contributed by atoms with Crippen LogP contribution >= 0.6 is 23.8 Å². The quantitative estimate of drug-likeness (QED) is 0.879. The summed E-state index contributed by atoms with van der Waals surface area (Å²) in [7, 11) is 0. The molecule has 1 aromatic heterocycles. The van der Waals surface area contributed by atoms with E-state index >= 15 is 0 Å². The molecule has 0 bridgehead atoms. The molecule has 0 unspecified atom stereocenters. The van der Waals surface area contributed by atoms with Crippen molar-refractivity contribution in [3.63, 3.8) is 0 Å². The van der Waals surface area contributed by atoms with Crippen LogP contribution in [0.25, 0.3) is 11.5 Å². The molecular weight excluding hydrogens is 310 g/mol. The topological polar surface area (TPSA) is 54.4 Å². The highest BCUT2D eigenvalue weighted by molar-refractivity contribution is 7.71. The van der Waals surface area contributed by atoms with Crippen LogP contribution in [-0.4, -0.2) is 39.0 Å². The van der Waals surface area contributed by atoms with E-state index in [4.69, 9.17) is 28.2 Å². The van der Waals surface area contributed by atoms with E-state index in [1.165, 1.54) is 0 Å². The highest BCUT2D eigenvalue weighted by Gasteiger charge is 2.19. The maximum Gasteiger partial charge on any atom is 0.288 e. The summed E-state index contributed by atoms with van der Waals surface area (Å²) >= 11 is 11.2. The van der Waals surface area contributed by atoms with Gasteiger partial charge in [-0.1, -0.05) is 17.7 Å². The molecule has 1 N–H and O–H groups in total. The molecule has 1 aliphatic rings. The Hall–Kier alpha value is -1.21. The Kier molecular flexibility index (Phi) is 4.40. The van der Waals surface area contributed by atoms with E-state index in [1.807, 2.05) is 12.1 Å². The number of nitrogens with zero attached hydrogens (tertiary/aromatic N) is 3. The van der Waals surface area contributed by atoms with Crippen LogP contribution in [0.5, 0.6) is 0 Å². The number of aliphatic hydroxyl groups excluding tert-OH is 1. The molecule has 5 nitrogen and oxygen atoms in total. The maximum absolute atomic E-state index is 9.71. The number of hydrogen-bond acceptors (Lipinski definition) is 5. The average Bonchev–Trinajstić information content (AvgIpc) is 2.80. The predicted molar refractivity (Wildman–Crippen MR) is 82.6 cm³/mol. The summed E-state index contributed by atoms with van der Waals surface area (Å²) in [5.74, 6) is 0.458. The zero-order valence-corrected chi connectivity index (χ0v) is 13.0. The van der Waals surface area contributed by atoms with Gasteiger partial charge in [-0.2, -0.15) is 0 Å². The molecule has 1 aromatic carbocycles. The molecular formula is C14H16ClN3O2S. The molecule has 0 radical (unpaired) electrons. The minimum absolute atomic E-state index is 0.271. The summed E-state index contributed by atoms with van der Waals surface area (Å²) in [5, 5.41) is 14.7. The van der Waals surface area contributed by atoms with Crippen molar-refractivity contribution in [1.29, 1.82) is 0 Å². The fraction of sp³-hybridized carbons (Fsp3) is 0.429. The Morgan fingerprint density at radius 1 is 1.48 bits per heavy atom. The minimum Gasteiger partial charge on any atom is -0.409 e. The number of likely N-dealkylation sites (tertiary alicyclic amines) is 1. The summed E-state index contributed by atoms with van der Waals surface area (Å²) in [5.41, 5.74) is 0.797. The second-order valence-corrected chi connectivity index (χ2v) is 5.98. The molecule has 0 aliphatic carbocycles. The highest BCUT2D eigenvalue weighted by atomic mass is 35.5. The lowest BCUT2D eigenvalue weighted by Gasteiger charge is -2.29. The number of benzene rings is 1. The van der Waals surface area contributed by atoms with E-state index in [2.05, 4.69) is 10.00 Å². The van der Waals surface area contributed by atoms with Crippen molar-refractivity contribution in [2.24, 2.45) is 0 Å². The van der Waals surface area contributed by atoms with Crippen LogP contribution in [0.1, 0.15) is 12.8 Å². The number of hydrogen-bond donors (Lipinski definition) is 1. The third kappa shape index (κ3) is 3.52. The standard InChI is InChI=1S/C14H16ClN3O2S/c15-11-4-1-3-10(7-11)13-16-18(14(21)20-13)9-17-6-2-5-12(19)8-17/h1,3-4,7,12,19H,2,5-6,8-9H2/t12-/m0/s1. The van der Waals surface area contributed by atoms with Gasteiger partial charge in [0, 0.05) is 23.7 Å². The van der Waals surface area contributed by atoms with Crippen LogP contribution in [0.3, 0.4) is 0 Å². The summed E-state index contributed by atoms with van der Waals surface area (Å²) in [6.07, 6.45) is 1.56. The van der Waals surface area contributed by atoms with Gasteiger partial charge in [0.15, 0.2) is 0 Å². The van der Waals surface area contributed by atoms with Gasteiger partial charge >= 0.3 is 0 Å². The molecule has 21 heavy (non-hydrogen) atoms. The van der Waals surface area contributed by atoms with Gasteiger partial charge in [0.1, 0.15) is 0 Å². The van der Waals surface area contributed by atoms with Crippen LogP contribution in [-0.2, 0) is 6.67 Å². The van der Waals surface area contributed by atoms with E-state index in [-0.39, 0.29) is 6.10 Å². The third-order valence-electron chi connectivity index (χ3n) is 3.49. The molecule has 2 aromatic rings.